The van der Waals surface area contributed by atoms with Gasteiger partial charge in [-0.05, 0) is 25.2 Å². The molecule has 2 N–H and O–H groups in total. The molecule has 2 unspecified atom stereocenters. The molecule has 1 heterocycles. The summed E-state index contributed by atoms with van der Waals surface area (Å²) in [4.78, 5) is 14.1. The van der Waals surface area contributed by atoms with Gasteiger partial charge in [-0.15, -0.1) is 0 Å². The topological polar surface area (TPSA) is 46.3 Å². The maximum Gasteiger partial charge on any atom is 0.226 e. The fraction of sp³-hybridized carbons (Fsp3) is 0.923. The minimum absolute atomic E-state index is 0.0491. The molecule has 1 aliphatic rings. The second-order valence-corrected chi connectivity index (χ2v) is 5.64. The van der Waals surface area contributed by atoms with Crippen molar-refractivity contribution >= 4 is 5.91 Å². The smallest absolute Gasteiger partial charge is 0.226 e. The fourth-order valence-electron chi connectivity index (χ4n) is 2.13. The zero-order valence-electron chi connectivity index (χ0n) is 11.1. The molecule has 0 saturated carbocycles. The number of carbonyl (C=O) groups is 1. The fourth-order valence-corrected chi connectivity index (χ4v) is 2.13. The number of likely N-dealkylation sites (tertiary alicyclic amines) is 1. The van der Waals surface area contributed by atoms with E-state index in [0.717, 1.165) is 25.9 Å². The molecule has 3 nitrogen and oxygen atoms in total. The lowest BCUT2D eigenvalue weighted by Crippen LogP contribution is -2.47. The Bertz CT molecular complexity index is 242. The SMILES string of the molecule is CCC1(C)CCN(C(=O)C(C)C(C)N)CC1. The molecule has 1 saturated heterocycles. The summed E-state index contributed by atoms with van der Waals surface area (Å²) in [5.74, 6) is 0.180. The molecule has 0 aromatic carbocycles. The monoisotopic (exact) mass is 226 g/mol. The molecule has 94 valence electrons. The van der Waals surface area contributed by atoms with Crippen molar-refractivity contribution in [2.45, 2.75) is 53.0 Å². The second-order valence-electron chi connectivity index (χ2n) is 5.64. The minimum atomic E-state index is -0.0500. The summed E-state index contributed by atoms with van der Waals surface area (Å²) >= 11 is 0. The molecule has 3 heteroatoms. The first-order valence-electron chi connectivity index (χ1n) is 6.44. The summed E-state index contributed by atoms with van der Waals surface area (Å²) in [6, 6.07) is -0.0491. The quantitative estimate of drug-likeness (QED) is 0.800. The van der Waals surface area contributed by atoms with Crippen LogP contribution in [0.4, 0.5) is 0 Å². The maximum atomic E-state index is 12.1. The van der Waals surface area contributed by atoms with Crippen LogP contribution in [-0.2, 0) is 4.79 Å². The zero-order chi connectivity index (χ0) is 12.3. The number of nitrogens with two attached hydrogens (primary N) is 1. The van der Waals surface area contributed by atoms with Gasteiger partial charge in [0.15, 0.2) is 0 Å². The third kappa shape index (κ3) is 2.97. The van der Waals surface area contributed by atoms with Crippen LogP contribution in [0.1, 0.15) is 47.0 Å². The van der Waals surface area contributed by atoms with Crippen LogP contribution in [0.2, 0.25) is 0 Å². The standard InChI is InChI=1S/C13H26N2O/c1-5-13(4)6-8-15(9-7-13)12(16)10(2)11(3)14/h10-11H,5-9,14H2,1-4H3. The summed E-state index contributed by atoms with van der Waals surface area (Å²) in [6.07, 6.45) is 3.46. The number of hydrogen-bond acceptors (Lipinski definition) is 2. The zero-order valence-corrected chi connectivity index (χ0v) is 11.1. The van der Waals surface area contributed by atoms with E-state index in [1.807, 2.05) is 18.7 Å². The van der Waals surface area contributed by atoms with Gasteiger partial charge in [-0.1, -0.05) is 27.2 Å². The summed E-state index contributed by atoms with van der Waals surface area (Å²) in [7, 11) is 0. The molecule has 0 spiro atoms. The normalized spacial score (nSPS) is 23.9. The Morgan fingerprint density at radius 2 is 1.88 bits per heavy atom. The van der Waals surface area contributed by atoms with E-state index in [9.17, 15) is 4.79 Å². The van der Waals surface area contributed by atoms with Crippen molar-refractivity contribution in [3.8, 4) is 0 Å². The van der Waals surface area contributed by atoms with Crippen LogP contribution < -0.4 is 5.73 Å². The Hall–Kier alpha value is -0.570. The van der Waals surface area contributed by atoms with Crippen LogP contribution in [0.5, 0.6) is 0 Å². The highest BCUT2D eigenvalue weighted by molar-refractivity contribution is 5.79. The maximum absolute atomic E-state index is 12.1. The first-order chi connectivity index (χ1) is 7.39. The number of piperidine rings is 1. The van der Waals surface area contributed by atoms with Crippen LogP contribution in [-0.4, -0.2) is 29.9 Å². The lowest BCUT2D eigenvalue weighted by atomic mass is 9.78. The predicted molar refractivity (Wildman–Crippen MR) is 67.0 cm³/mol. The van der Waals surface area contributed by atoms with Gasteiger partial charge in [-0.3, -0.25) is 4.79 Å². The summed E-state index contributed by atoms with van der Waals surface area (Å²) in [5, 5.41) is 0. The number of hydrogen-bond donors (Lipinski definition) is 1. The molecule has 1 fully saturated rings. The van der Waals surface area contributed by atoms with E-state index < -0.39 is 0 Å². The third-order valence-electron chi connectivity index (χ3n) is 4.31. The summed E-state index contributed by atoms with van der Waals surface area (Å²) in [5.41, 5.74) is 6.21. The summed E-state index contributed by atoms with van der Waals surface area (Å²) < 4.78 is 0. The van der Waals surface area contributed by atoms with Gasteiger partial charge in [0.25, 0.3) is 0 Å². The van der Waals surface area contributed by atoms with Gasteiger partial charge in [0.05, 0.1) is 5.92 Å². The third-order valence-corrected chi connectivity index (χ3v) is 4.31. The highest BCUT2D eigenvalue weighted by Crippen LogP contribution is 2.34. The van der Waals surface area contributed by atoms with Gasteiger partial charge >= 0.3 is 0 Å². The second kappa shape index (κ2) is 5.17. The number of amides is 1. The van der Waals surface area contributed by atoms with Crippen molar-refractivity contribution in [2.24, 2.45) is 17.1 Å². The average Bonchev–Trinajstić information content (AvgIpc) is 2.28. The van der Waals surface area contributed by atoms with E-state index in [0.29, 0.717) is 5.41 Å². The van der Waals surface area contributed by atoms with Crippen molar-refractivity contribution in [3.63, 3.8) is 0 Å². The van der Waals surface area contributed by atoms with E-state index in [4.69, 9.17) is 5.73 Å². The Morgan fingerprint density at radius 3 is 2.25 bits per heavy atom. The molecule has 16 heavy (non-hydrogen) atoms. The number of carbonyl (C=O) groups excluding carboxylic acids is 1. The van der Waals surface area contributed by atoms with E-state index in [-0.39, 0.29) is 17.9 Å². The van der Waals surface area contributed by atoms with E-state index in [1.165, 1.54) is 6.42 Å². The molecule has 0 aliphatic carbocycles. The van der Waals surface area contributed by atoms with Crippen LogP contribution in [0, 0.1) is 11.3 Å². The first-order valence-corrected chi connectivity index (χ1v) is 6.44. The molecule has 0 bridgehead atoms. The van der Waals surface area contributed by atoms with Crippen molar-refractivity contribution in [1.29, 1.82) is 0 Å². The van der Waals surface area contributed by atoms with Crippen molar-refractivity contribution in [2.75, 3.05) is 13.1 Å². The lowest BCUT2D eigenvalue weighted by molar-refractivity contribution is -0.137. The van der Waals surface area contributed by atoms with Gasteiger partial charge in [0.1, 0.15) is 0 Å². The van der Waals surface area contributed by atoms with Gasteiger partial charge in [0.2, 0.25) is 5.91 Å². The molecule has 1 rings (SSSR count). The lowest BCUT2D eigenvalue weighted by Gasteiger charge is -2.40. The molecule has 0 aromatic rings. The highest BCUT2D eigenvalue weighted by Gasteiger charge is 2.32. The van der Waals surface area contributed by atoms with Crippen LogP contribution in [0.25, 0.3) is 0 Å². The number of nitrogens with zero attached hydrogens (tertiary/aromatic N) is 1. The molecule has 0 radical (unpaired) electrons. The van der Waals surface area contributed by atoms with Gasteiger partial charge < -0.3 is 10.6 Å². The van der Waals surface area contributed by atoms with Crippen LogP contribution in [0.3, 0.4) is 0 Å². The molecular formula is C13H26N2O. The largest absolute Gasteiger partial charge is 0.342 e. The molecule has 1 aliphatic heterocycles. The van der Waals surface area contributed by atoms with Crippen LogP contribution >= 0.6 is 0 Å². The first kappa shape index (κ1) is 13.5. The van der Waals surface area contributed by atoms with E-state index in [1.54, 1.807) is 0 Å². The molecule has 2 atom stereocenters. The highest BCUT2D eigenvalue weighted by atomic mass is 16.2. The van der Waals surface area contributed by atoms with Gasteiger partial charge in [0, 0.05) is 19.1 Å². The molecular weight excluding hydrogens is 200 g/mol. The number of rotatable bonds is 3. The average molecular weight is 226 g/mol. The Kier molecular flexibility index (Phi) is 4.36. The molecule has 1 amide bonds. The van der Waals surface area contributed by atoms with Crippen LogP contribution in [0.15, 0.2) is 0 Å². The van der Waals surface area contributed by atoms with Crippen molar-refractivity contribution in [3.05, 3.63) is 0 Å². The Morgan fingerprint density at radius 1 is 1.38 bits per heavy atom. The Balaban J connectivity index is 2.51. The van der Waals surface area contributed by atoms with E-state index in [2.05, 4.69) is 13.8 Å². The van der Waals surface area contributed by atoms with E-state index >= 15 is 0 Å². The van der Waals surface area contributed by atoms with Crippen molar-refractivity contribution < 1.29 is 4.79 Å². The van der Waals surface area contributed by atoms with Gasteiger partial charge in [-0.25, -0.2) is 0 Å². The van der Waals surface area contributed by atoms with Gasteiger partial charge in [-0.2, -0.15) is 0 Å². The summed E-state index contributed by atoms with van der Waals surface area (Å²) in [6.45, 7) is 10.2. The Labute approximate surface area is 99.4 Å². The van der Waals surface area contributed by atoms with Crippen molar-refractivity contribution in [1.82, 2.24) is 4.90 Å². The minimum Gasteiger partial charge on any atom is -0.342 e. The predicted octanol–water partition coefficient (Wildman–Crippen LogP) is 2.01. The molecule has 0 aromatic heterocycles.